The van der Waals surface area contributed by atoms with Crippen LogP contribution in [0.5, 0.6) is 17.2 Å². The molecule has 0 radical (unpaired) electrons. The Morgan fingerprint density at radius 1 is 0.903 bits per heavy atom. The van der Waals surface area contributed by atoms with Crippen molar-refractivity contribution in [3.8, 4) is 17.2 Å². The zero-order chi connectivity index (χ0) is 23.0. The van der Waals surface area contributed by atoms with Crippen molar-refractivity contribution in [1.82, 2.24) is 4.90 Å². The Bertz CT molecular complexity index is 942. The molecule has 0 aliphatic rings. The highest BCUT2D eigenvalue weighted by atomic mass is 16.5. The summed E-state index contributed by atoms with van der Waals surface area (Å²) in [6, 6.07) is 10.2. The summed E-state index contributed by atoms with van der Waals surface area (Å²) < 4.78 is 20.7. The monoisotopic (exact) mass is 430 g/mol. The lowest BCUT2D eigenvalue weighted by molar-refractivity contribution is -0.136. The molecule has 0 heterocycles. The van der Waals surface area contributed by atoms with E-state index >= 15 is 0 Å². The number of nitrogens with zero attached hydrogens (tertiary/aromatic N) is 1. The molecular formula is C22H26N2O7. The van der Waals surface area contributed by atoms with Crippen LogP contribution in [0.3, 0.4) is 0 Å². The summed E-state index contributed by atoms with van der Waals surface area (Å²) in [5.41, 5.74) is 1.77. The number of amides is 2. The Morgan fingerprint density at radius 2 is 1.48 bits per heavy atom. The summed E-state index contributed by atoms with van der Waals surface area (Å²) >= 11 is 0. The van der Waals surface area contributed by atoms with Crippen LogP contribution in [0, 0.1) is 6.92 Å². The number of carbonyl (C=O) groups is 3. The highest BCUT2D eigenvalue weighted by Gasteiger charge is 2.21. The number of carbonyl (C=O) groups excluding carboxylic acids is 3. The highest BCUT2D eigenvalue weighted by molar-refractivity contribution is 5.96. The predicted molar refractivity (Wildman–Crippen MR) is 114 cm³/mol. The van der Waals surface area contributed by atoms with Gasteiger partial charge in [0.2, 0.25) is 5.91 Å². The van der Waals surface area contributed by atoms with Crippen molar-refractivity contribution < 1.29 is 33.3 Å². The predicted octanol–water partition coefficient (Wildman–Crippen LogP) is 2.27. The smallest absolute Gasteiger partial charge is 0.342 e. The van der Waals surface area contributed by atoms with E-state index < -0.39 is 18.5 Å². The van der Waals surface area contributed by atoms with E-state index in [-0.39, 0.29) is 23.8 Å². The van der Waals surface area contributed by atoms with Crippen molar-refractivity contribution >= 4 is 23.5 Å². The van der Waals surface area contributed by atoms with Gasteiger partial charge in [-0.1, -0.05) is 17.7 Å². The van der Waals surface area contributed by atoms with Crippen molar-refractivity contribution in [3.05, 3.63) is 47.5 Å². The van der Waals surface area contributed by atoms with Crippen LogP contribution in [0.25, 0.3) is 0 Å². The number of methoxy groups -OCH3 is 3. The largest absolute Gasteiger partial charge is 0.496 e. The third kappa shape index (κ3) is 6.36. The molecule has 9 nitrogen and oxygen atoms in total. The summed E-state index contributed by atoms with van der Waals surface area (Å²) in [6.07, 6.45) is 0. The maximum atomic E-state index is 12.5. The molecule has 0 saturated carbocycles. The number of likely N-dealkylation sites (N-methyl/N-ethyl adjacent to an activating group) is 1. The van der Waals surface area contributed by atoms with E-state index in [0.717, 1.165) is 5.56 Å². The number of anilines is 1. The average Bonchev–Trinajstić information content (AvgIpc) is 2.77. The van der Waals surface area contributed by atoms with Gasteiger partial charge in [0.05, 0.1) is 27.9 Å². The topological polar surface area (TPSA) is 103 Å². The van der Waals surface area contributed by atoms with E-state index in [1.165, 1.54) is 45.4 Å². The second-order valence-electron chi connectivity index (χ2n) is 6.65. The molecule has 0 fully saturated rings. The van der Waals surface area contributed by atoms with Crippen LogP contribution in [0.1, 0.15) is 15.9 Å². The van der Waals surface area contributed by atoms with Gasteiger partial charge in [-0.15, -0.1) is 0 Å². The van der Waals surface area contributed by atoms with Gasteiger partial charge in [-0.05, 0) is 19.1 Å². The Balaban J connectivity index is 1.94. The van der Waals surface area contributed by atoms with Gasteiger partial charge in [-0.25, -0.2) is 4.79 Å². The van der Waals surface area contributed by atoms with Crippen LogP contribution in [0.15, 0.2) is 36.4 Å². The lowest BCUT2D eigenvalue weighted by atomic mass is 10.1. The van der Waals surface area contributed by atoms with Gasteiger partial charge in [-0.3, -0.25) is 9.59 Å². The van der Waals surface area contributed by atoms with Crippen LogP contribution in [0.2, 0.25) is 0 Å². The van der Waals surface area contributed by atoms with Crippen molar-refractivity contribution in [2.24, 2.45) is 0 Å². The molecule has 2 aromatic rings. The maximum absolute atomic E-state index is 12.5. The molecule has 0 aliphatic heterocycles. The normalized spacial score (nSPS) is 10.1. The number of esters is 1. The van der Waals surface area contributed by atoms with Crippen molar-refractivity contribution in [2.75, 3.05) is 46.8 Å². The molecule has 2 aromatic carbocycles. The van der Waals surface area contributed by atoms with E-state index in [9.17, 15) is 14.4 Å². The van der Waals surface area contributed by atoms with Crippen LogP contribution in [-0.2, 0) is 14.3 Å². The first kappa shape index (κ1) is 23.5. The Morgan fingerprint density at radius 3 is 2.06 bits per heavy atom. The van der Waals surface area contributed by atoms with Crippen LogP contribution in [-0.4, -0.2) is 64.2 Å². The summed E-state index contributed by atoms with van der Waals surface area (Å²) in [6.45, 7) is 1.21. The number of benzene rings is 2. The molecule has 2 rings (SSSR count). The van der Waals surface area contributed by atoms with E-state index in [2.05, 4.69) is 5.32 Å². The minimum atomic E-state index is -0.774. The Hall–Kier alpha value is -3.75. The van der Waals surface area contributed by atoms with Gasteiger partial charge < -0.3 is 29.2 Å². The number of rotatable bonds is 9. The Kier molecular flexibility index (Phi) is 8.25. The van der Waals surface area contributed by atoms with Gasteiger partial charge >= 0.3 is 5.97 Å². The second-order valence-corrected chi connectivity index (χ2v) is 6.65. The molecule has 0 unspecified atom stereocenters. The van der Waals surface area contributed by atoms with Gasteiger partial charge in [0, 0.05) is 24.9 Å². The van der Waals surface area contributed by atoms with Gasteiger partial charge in [0.15, 0.2) is 18.1 Å². The van der Waals surface area contributed by atoms with Crippen LogP contribution in [0.4, 0.5) is 5.69 Å². The maximum Gasteiger partial charge on any atom is 0.342 e. The molecule has 0 bridgehead atoms. The van der Waals surface area contributed by atoms with Crippen LogP contribution < -0.4 is 19.5 Å². The number of ether oxygens (including phenoxy) is 4. The quantitative estimate of drug-likeness (QED) is 0.609. The highest BCUT2D eigenvalue weighted by Crippen LogP contribution is 2.34. The lowest BCUT2D eigenvalue weighted by Gasteiger charge is -2.17. The first-order valence-corrected chi connectivity index (χ1v) is 9.36. The second kappa shape index (κ2) is 10.9. The van der Waals surface area contributed by atoms with Crippen molar-refractivity contribution in [3.63, 3.8) is 0 Å². The molecule has 166 valence electrons. The van der Waals surface area contributed by atoms with Crippen molar-refractivity contribution in [2.45, 2.75) is 6.92 Å². The molecule has 0 spiro atoms. The molecule has 2 amide bonds. The van der Waals surface area contributed by atoms with Gasteiger partial charge in [0.25, 0.3) is 5.91 Å². The first-order chi connectivity index (χ1) is 14.8. The number of aryl methyl sites for hydroxylation is 1. The van der Waals surface area contributed by atoms with E-state index in [4.69, 9.17) is 18.9 Å². The molecule has 0 aliphatic carbocycles. The van der Waals surface area contributed by atoms with Gasteiger partial charge in [0.1, 0.15) is 11.3 Å². The van der Waals surface area contributed by atoms with E-state index in [0.29, 0.717) is 17.2 Å². The Labute approximate surface area is 180 Å². The van der Waals surface area contributed by atoms with Crippen molar-refractivity contribution in [1.29, 1.82) is 0 Å². The fraction of sp³-hybridized carbons (Fsp3) is 0.318. The molecule has 9 heteroatoms. The van der Waals surface area contributed by atoms with E-state index in [1.54, 1.807) is 12.1 Å². The summed E-state index contributed by atoms with van der Waals surface area (Å²) in [5, 5.41) is 2.70. The zero-order valence-electron chi connectivity index (χ0n) is 18.2. The molecule has 31 heavy (non-hydrogen) atoms. The van der Waals surface area contributed by atoms with E-state index in [1.807, 2.05) is 19.1 Å². The SMILES string of the molecule is COc1cc(OC)c(C(=O)OCC(=O)N(C)CC(=O)Nc2ccc(C)cc2)cc1OC. The first-order valence-electron chi connectivity index (χ1n) is 9.36. The summed E-state index contributed by atoms with van der Waals surface area (Å²) in [4.78, 5) is 38.0. The lowest BCUT2D eigenvalue weighted by Crippen LogP contribution is -2.37. The third-order valence-corrected chi connectivity index (χ3v) is 4.39. The zero-order valence-corrected chi connectivity index (χ0v) is 18.2. The fourth-order valence-electron chi connectivity index (χ4n) is 2.64. The third-order valence-electron chi connectivity index (χ3n) is 4.39. The molecular weight excluding hydrogens is 404 g/mol. The number of nitrogens with one attached hydrogen (secondary N) is 1. The minimum Gasteiger partial charge on any atom is -0.496 e. The number of hydrogen-bond acceptors (Lipinski definition) is 7. The van der Waals surface area contributed by atoms with Gasteiger partial charge in [-0.2, -0.15) is 0 Å². The summed E-state index contributed by atoms with van der Waals surface area (Å²) in [7, 11) is 5.73. The summed E-state index contributed by atoms with van der Waals surface area (Å²) in [5.74, 6) is -0.776. The molecule has 1 N–H and O–H groups in total. The fourth-order valence-corrected chi connectivity index (χ4v) is 2.64. The molecule has 0 atom stereocenters. The average molecular weight is 430 g/mol. The minimum absolute atomic E-state index is 0.0766. The number of hydrogen-bond donors (Lipinski definition) is 1. The molecule has 0 aromatic heterocycles. The standard InChI is InChI=1S/C22H26N2O7/c1-14-6-8-15(9-7-14)23-20(25)12-24(2)21(26)13-31-22(27)16-10-18(29-4)19(30-5)11-17(16)28-3/h6-11H,12-13H2,1-5H3,(H,23,25). The molecule has 0 saturated heterocycles. The van der Waals surface area contributed by atoms with Crippen LogP contribution >= 0.6 is 0 Å².